The van der Waals surface area contributed by atoms with Gasteiger partial charge in [0.2, 0.25) is 0 Å². The van der Waals surface area contributed by atoms with Crippen LogP contribution in [0.3, 0.4) is 0 Å². The van der Waals surface area contributed by atoms with Crippen molar-refractivity contribution in [3.8, 4) is 0 Å². The Bertz CT molecular complexity index is 762. The Kier molecular flexibility index (Phi) is 10.7. The fourth-order valence-electron chi connectivity index (χ4n) is 3.91. The van der Waals surface area contributed by atoms with Crippen LogP contribution in [-0.4, -0.2) is 35.6 Å². The lowest BCUT2D eigenvalue weighted by molar-refractivity contribution is -0.219. The van der Waals surface area contributed by atoms with E-state index >= 15 is 0 Å². The van der Waals surface area contributed by atoms with Crippen molar-refractivity contribution in [2.75, 3.05) is 6.54 Å². The Labute approximate surface area is 197 Å². The van der Waals surface area contributed by atoms with Gasteiger partial charge in [0.15, 0.2) is 0 Å². The molecule has 1 fully saturated rings. The van der Waals surface area contributed by atoms with E-state index in [1.807, 2.05) is 30.3 Å². The van der Waals surface area contributed by atoms with Gasteiger partial charge in [0, 0.05) is 19.4 Å². The summed E-state index contributed by atoms with van der Waals surface area (Å²) in [5.74, 6) is -1.79. The Hall–Kier alpha value is -2.02. The zero-order valence-corrected chi connectivity index (χ0v) is 20.8. The van der Waals surface area contributed by atoms with E-state index in [-0.39, 0.29) is 25.5 Å². The average molecular weight is 483 g/mol. The maximum atomic E-state index is 12.7. The first-order valence-corrected chi connectivity index (χ1v) is 12.4. The highest BCUT2D eigenvalue weighted by molar-refractivity contribution is 7.17. The molecule has 0 aliphatic heterocycles. The molecule has 184 valence electrons. The SMILES string of the molecule is CC(C)(C)C(=O)OC(CC1CCCCC1)(C[C@@H](O)CNC(=O)OCc1ccccc1)O[PH+]=O. The van der Waals surface area contributed by atoms with E-state index in [1.54, 1.807) is 20.8 Å². The van der Waals surface area contributed by atoms with Crippen LogP contribution < -0.4 is 5.32 Å². The lowest BCUT2D eigenvalue weighted by Gasteiger charge is -2.35. The molecule has 33 heavy (non-hydrogen) atoms. The van der Waals surface area contributed by atoms with Gasteiger partial charge in [-0.25, -0.2) is 4.79 Å². The minimum atomic E-state index is -1.53. The van der Waals surface area contributed by atoms with Crippen molar-refractivity contribution in [1.82, 2.24) is 5.32 Å². The molecule has 0 spiro atoms. The second kappa shape index (κ2) is 13.0. The first-order chi connectivity index (χ1) is 15.6. The number of rotatable bonds is 11. The van der Waals surface area contributed by atoms with Crippen molar-refractivity contribution in [1.29, 1.82) is 0 Å². The van der Waals surface area contributed by atoms with Crippen LogP contribution in [-0.2, 0) is 30.0 Å². The van der Waals surface area contributed by atoms with Gasteiger partial charge in [-0.2, -0.15) is 0 Å². The van der Waals surface area contributed by atoms with Crippen molar-refractivity contribution in [2.45, 2.75) is 84.2 Å². The molecular weight excluding hydrogens is 445 g/mol. The number of nitrogens with one attached hydrogen (secondary N) is 1. The van der Waals surface area contributed by atoms with E-state index < -0.39 is 38.1 Å². The number of aliphatic hydroxyl groups excluding tert-OH is 1. The predicted octanol–water partition coefficient (Wildman–Crippen LogP) is 4.88. The molecule has 2 N–H and O–H groups in total. The second-order valence-corrected chi connectivity index (χ2v) is 10.1. The standard InChI is InChI=1S/C24H36NO7P/c1-23(2,3)21(27)31-24(32-33-29,14-18-10-6-4-7-11-18)15-20(26)16-25-22(28)30-17-19-12-8-5-9-13-19/h5,8-9,12-13,18,20,26,33H,4,6-7,10-11,14-17H2,1-3H3/p+1/t20-,24?/m1/s1. The lowest BCUT2D eigenvalue weighted by Crippen LogP contribution is -2.46. The monoisotopic (exact) mass is 482 g/mol. The molecule has 0 heterocycles. The van der Waals surface area contributed by atoms with Gasteiger partial charge in [-0.15, -0.1) is 0 Å². The molecule has 1 aromatic carbocycles. The highest BCUT2D eigenvalue weighted by Crippen LogP contribution is 2.39. The number of esters is 1. The van der Waals surface area contributed by atoms with Gasteiger partial charge >= 0.3 is 20.7 Å². The van der Waals surface area contributed by atoms with Crippen LogP contribution in [0.1, 0.15) is 71.3 Å². The summed E-state index contributed by atoms with van der Waals surface area (Å²) in [6.45, 7) is 5.15. The van der Waals surface area contributed by atoms with E-state index in [4.69, 9.17) is 14.0 Å². The summed E-state index contributed by atoms with van der Waals surface area (Å²) in [6.07, 6.45) is 3.69. The number of hydrogen-bond donors (Lipinski definition) is 2. The topological polar surface area (TPSA) is 111 Å². The summed E-state index contributed by atoms with van der Waals surface area (Å²) in [4.78, 5) is 24.7. The summed E-state index contributed by atoms with van der Waals surface area (Å²) in [7, 11) is -1.16. The number of aliphatic hydroxyl groups is 1. The highest BCUT2D eigenvalue weighted by Gasteiger charge is 2.46. The maximum Gasteiger partial charge on any atom is 0.498 e. The molecule has 0 bridgehead atoms. The number of carbonyl (C=O) groups excluding carboxylic acids is 2. The van der Waals surface area contributed by atoms with E-state index in [0.717, 1.165) is 37.7 Å². The molecule has 0 radical (unpaired) electrons. The van der Waals surface area contributed by atoms with Crippen LogP contribution in [0, 0.1) is 11.3 Å². The van der Waals surface area contributed by atoms with Crippen LogP contribution in [0.25, 0.3) is 0 Å². The molecule has 0 aromatic heterocycles. The van der Waals surface area contributed by atoms with Gasteiger partial charge in [-0.1, -0.05) is 67.0 Å². The molecule has 1 saturated carbocycles. The highest BCUT2D eigenvalue weighted by atomic mass is 31.1. The Morgan fingerprint density at radius 1 is 1.15 bits per heavy atom. The quantitative estimate of drug-likeness (QED) is 0.263. The molecule has 3 atom stereocenters. The number of alkyl carbamates (subject to hydrolysis) is 1. The van der Waals surface area contributed by atoms with E-state index in [2.05, 4.69) is 5.32 Å². The summed E-state index contributed by atoms with van der Waals surface area (Å²) >= 11 is 0. The third-order valence-corrected chi connectivity index (χ3v) is 6.14. The van der Waals surface area contributed by atoms with Crippen molar-refractivity contribution < 1.29 is 33.3 Å². The first kappa shape index (κ1) is 27.2. The Morgan fingerprint density at radius 3 is 2.42 bits per heavy atom. The number of carbonyl (C=O) groups is 2. The molecule has 1 aliphatic rings. The van der Waals surface area contributed by atoms with Gasteiger partial charge in [0.1, 0.15) is 6.61 Å². The fraction of sp³-hybridized carbons (Fsp3) is 0.667. The van der Waals surface area contributed by atoms with Crippen LogP contribution >= 0.6 is 8.69 Å². The van der Waals surface area contributed by atoms with Gasteiger partial charge < -0.3 is 19.9 Å². The molecule has 9 heteroatoms. The van der Waals surface area contributed by atoms with Gasteiger partial charge in [-0.3, -0.25) is 4.79 Å². The van der Waals surface area contributed by atoms with Crippen LogP contribution in [0.15, 0.2) is 30.3 Å². The molecule has 1 aliphatic carbocycles. The normalized spacial score (nSPS) is 17.7. The van der Waals surface area contributed by atoms with Gasteiger partial charge in [-0.05, 0) is 36.8 Å². The largest absolute Gasteiger partial charge is 0.498 e. The average Bonchev–Trinajstić information content (AvgIpc) is 2.77. The summed E-state index contributed by atoms with van der Waals surface area (Å²) in [6, 6.07) is 9.25. The van der Waals surface area contributed by atoms with Gasteiger partial charge in [0.05, 0.1) is 11.5 Å². The summed E-state index contributed by atoms with van der Waals surface area (Å²) in [5.41, 5.74) is 0.0519. The van der Waals surface area contributed by atoms with Crippen LogP contribution in [0.5, 0.6) is 0 Å². The van der Waals surface area contributed by atoms with Crippen LogP contribution in [0.2, 0.25) is 0 Å². The minimum absolute atomic E-state index is 0.109. The Balaban J connectivity index is 2.00. The molecule has 1 amide bonds. The smallest absolute Gasteiger partial charge is 0.445 e. The number of hydrogen-bond acceptors (Lipinski definition) is 7. The van der Waals surface area contributed by atoms with Gasteiger partial charge in [0.25, 0.3) is 5.79 Å². The Morgan fingerprint density at radius 2 is 1.82 bits per heavy atom. The first-order valence-electron chi connectivity index (χ1n) is 11.5. The molecule has 1 aromatic rings. The summed E-state index contributed by atoms with van der Waals surface area (Å²) < 4.78 is 28.0. The van der Waals surface area contributed by atoms with E-state index in [0.29, 0.717) is 6.42 Å². The number of amides is 1. The second-order valence-electron chi connectivity index (χ2n) is 9.74. The zero-order chi connectivity index (χ0) is 24.3. The number of ether oxygens (including phenoxy) is 2. The molecule has 2 unspecified atom stereocenters. The maximum absolute atomic E-state index is 12.7. The van der Waals surface area contributed by atoms with Crippen LogP contribution in [0.4, 0.5) is 4.79 Å². The minimum Gasteiger partial charge on any atom is -0.445 e. The molecule has 2 rings (SSSR count). The third-order valence-electron chi connectivity index (χ3n) is 5.68. The lowest BCUT2D eigenvalue weighted by atomic mass is 9.83. The third kappa shape index (κ3) is 9.78. The summed E-state index contributed by atoms with van der Waals surface area (Å²) in [5, 5.41) is 13.2. The van der Waals surface area contributed by atoms with Crippen molar-refractivity contribution in [3.05, 3.63) is 35.9 Å². The van der Waals surface area contributed by atoms with E-state index in [9.17, 15) is 19.3 Å². The zero-order valence-electron chi connectivity index (χ0n) is 19.8. The van der Waals surface area contributed by atoms with Crippen molar-refractivity contribution in [2.24, 2.45) is 11.3 Å². The van der Waals surface area contributed by atoms with Crippen molar-refractivity contribution >= 4 is 20.7 Å². The number of benzene rings is 1. The van der Waals surface area contributed by atoms with Crippen molar-refractivity contribution in [3.63, 3.8) is 0 Å². The molecule has 0 saturated heterocycles. The van der Waals surface area contributed by atoms with E-state index in [1.165, 1.54) is 0 Å². The molecular formula is C24H37NO7P+. The fourth-order valence-corrected chi connectivity index (χ4v) is 4.27. The predicted molar refractivity (Wildman–Crippen MR) is 125 cm³/mol. The molecule has 8 nitrogen and oxygen atoms in total.